The third-order valence-corrected chi connectivity index (χ3v) is 4.83. The van der Waals surface area contributed by atoms with Gasteiger partial charge in [-0.25, -0.2) is 4.98 Å². The summed E-state index contributed by atoms with van der Waals surface area (Å²) in [6.45, 7) is 3.54. The first kappa shape index (κ1) is 15.9. The van der Waals surface area contributed by atoms with Crippen LogP contribution >= 0.6 is 11.3 Å². The Hall–Kier alpha value is -1.99. The van der Waals surface area contributed by atoms with Crippen molar-refractivity contribution in [2.24, 2.45) is 5.92 Å². The molecule has 1 unspecified atom stereocenters. The van der Waals surface area contributed by atoms with Gasteiger partial charge in [-0.15, -0.1) is 0 Å². The maximum atomic E-state index is 12.1. The van der Waals surface area contributed by atoms with E-state index in [0.29, 0.717) is 17.5 Å². The van der Waals surface area contributed by atoms with Crippen molar-refractivity contribution in [1.82, 2.24) is 10.3 Å². The zero-order valence-corrected chi connectivity index (χ0v) is 13.8. The number of rotatable bonds is 5. The molecule has 1 aromatic heterocycles. The number of anilines is 2. The average Bonchev–Trinajstić information content (AvgIpc) is 3.12. The van der Waals surface area contributed by atoms with Gasteiger partial charge < -0.3 is 16.0 Å². The van der Waals surface area contributed by atoms with E-state index >= 15 is 0 Å². The molecule has 0 aliphatic carbocycles. The van der Waals surface area contributed by atoms with Gasteiger partial charge in [-0.05, 0) is 50.0 Å². The SMILES string of the molecule is CC(=O)Nc1nc2ccc(NC(=O)CCC3CCNC3)cc2s1. The number of benzene rings is 1. The molecule has 2 aromatic rings. The minimum Gasteiger partial charge on any atom is -0.326 e. The number of nitrogens with one attached hydrogen (secondary N) is 3. The van der Waals surface area contributed by atoms with Gasteiger partial charge in [-0.1, -0.05) is 11.3 Å². The standard InChI is InChI=1S/C16H20N4O2S/c1-10(21)18-16-20-13-4-3-12(8-14(13)23-16)19-15(22)5-2-11-6-7-17-9-11/h3-4,8,11,17H,2,5-7,9H2,1H3,(H,19,22)(H,18,20,21). The molecule has 0 bridgehead atoms. The van der Waals surface area contributed by atoms with Gasteiger partial charge >= 0.3 is 0 Å². The van der Waals surface area contributed by atoms with Crippen LogP contribution in [0.15, 0.2) is 18.2 Å². The van der Waals surface area contributed by atoms with Crippen LogP contribution in [0.25, 0.3) is 10.2 Å². The molecular weight excluding hydrogens is 312 g/mol. The first-order chi connectivity index (χ1) is 11.1. The molecule has 122 valence electrons. The summed E-state index contributed by atoms with van der Waals surface area (Å²) in [6.07, 6.45) is 2.63. The summed E-state index contributed by atoms with van der Waals surface area (Å²) in [6, 6.07) is 5.59. The number of carbonyl (C=O) groups excluding carboxylic acids is 2. The van der Waals surface area contributed by atoms with Gasteiger partial charge in [-0.3, -0.25) is 9.59 Å². The normalized spacial score (nSPS) is 17.3. The summed E-state index contributed by atoms with van der Waals surface area (Å²) in [5.74, 6) is 0.520. The highest BCUT2D eigenvalue weighted by Crippen LogP contribution is 2.28. The van der Waals surface area contributed by atoms with Crippen LogP contribution in [0.4, 0.5) is 10.8 Å². The number of fused-ring (bicyclic) bond motifs is 1. The Morgan fingerprint density at radius 2 is 2.26 bits per heavy atom. The Balaban J connectivity index is 1.60. The fourth-order valence-corrected chi connectivity index (χ4v) is 3.68. The fraction of sp³-hybridized carbons (Fsp3) is 0.438. The molecule has 0 spiro atoms. The fourth-order valence-electron chi connectivity index (χ4n) is 2.73. The van der Waals surface area contributed by atoms with E-state index < -0.39 is 0 Å². The van der Waals surface area contributed by atoms with E-state index in [1.807, 2.05) is 18.2 Å². The van der Waals surface area contributed by atoms with Crippen LogP contribution in [0.2, 0.25) is 0 Å². The van der Waals surface area contributed by atoms with Crippen LogP contribution in [0.5, 0.6) is 0 Å². The molecule has 0 radical (unpaired) electrons. The molecule has 1 aliphatic rings. The number of hydrogen-bond donors (Lipinski definition) is 3. The largest absolute Gasteiger partial charge is 0.326 e. The van der Waals surface area contributed by atoms with Gasteiger partial charge in [0, 0.05) is 19.0 Å². The van der Waals surface area contributed by atoms with E-state index in [0.717, 1.165) is 41.8 Å². The number of amides is 2. The van der Waals surface area contributed by atoms with Gasteiger partial charge in [0.25, 0.3) is 0 Å². The molecule has 2 heterocycles. The maximum Gasteiger partial charge on any atom is 0.224 e. The number of nitrogens with zero attached hydrogens (tertiary/aromatic N) is 1. The minimum absolute atomic E-state index is 0.0443. The minimum atomic E-state index is -0.140. The van der Waals surface area contributed by atoms with E-state index in [1.54, 1.807) is 0 Å². The maximum absolute atomic E-state index is 12.1. The smallest absolute Gasteiger partial charge is 0.224 e. The summed E-state index contributed by atoms with van der Waals surface area (Å²) >= 11 is 1.40. The lowest BCUT2D eigenvalue weighted by Crippen LogP contribution is -2.14. The Morgan fingerprint density at radius 3 is 3.00 bits per heavy atom. The van der Waals surface area contributed by atoms with Crippen molar-refractivity contribution in [3.05, 3.63) is 18.2 Å². The van der Waals surface area contributed by atoms with Gasteiger partial charge in [0.05, 0.1) is 10.2 Å². The second kappa shape index (κ2) is 7.06. The third-order valence-electron chi connectivity index (χ3n) is 3.90. The molecule has 3 rings (SSSR count). The van der Waals surface area contributed by atoms with Crippen LogP contribution < -0.4 is 16.0 Å². The number of carbonyl (C=O) groups is 2. The van der Waals surface area contributed by atoms with Gasteiger partial charge in [0.1, 0.15) is 0 Å². The lowest BCUT2D eigenvalue weighted by Gasteiger charge is -2.08. The Morgan fingerprint density at radius 1 is 1.39 bits per heavy atom. The van der Waals surface area contributed by atoms with Crippen molar-refractivity contribution in [3.63, 3.8) is 0 Å². The third kappa shape index (κ3) is 4.27. The Bertz CT molecular complexity index is 722. The monoisotopic (exact) mass is 332 g/mol. The molecule has 1 aromatic carbocycles. The first-order valence-corrected chi connectivity index (χ1v) is 8.60. The summed E-state index contributed by atoms with van der Waals surface area (Å²) in [5.41, 5.74) is 1.58. The number of aromatic nitrogens is 1. The summed E-state index contributed by atoms with van der Waals surface area (Å²) in [7, 11) is 0. The molecule has 1 fully saturated rings. The summed E-state index contributed by atoms with van der Waals surface area (Å²) in [4.78, 5) is 27.5. The number of thiazole rings is 1. The van der Waals surface area contributed by atoms with Crippen molar-refractivity contribution >= 4 is 44.2 Å². The van der Waals surface area contributed by atoms with Gasteiger partial charge in [0.2, 0.25) is 11.8 Å². The highest BCUT2D eigenvalue weighted by molar-refractivity contribution is 7.22. The molecule has 7 heteroatoms. The average molecular weight is 332 g/mol. The van der Waals surface area contributed by atoms with Gasteiger partial charge in [0.15, 0.2) is 5.13 Å². The van der Waals surface area contributed by atoms with Crippen molar-refractivity contribution in [1.29, 1.82) is 0 Å². The van der Waals surface area contributed by atoms with Crippen LogP contribution in [0, 0.1) is 5.92 Å². The van der Waals surface area contributed by atoms with Crippen LogP contribution in [0.1, 0.15) is 26.2 Å². The molecule has 1 aliphatic heterocycles. The van der Waals surface area contributed by atoms with Crippen LogP contribution in [-0.4, -0.2) is 29.9 Å². The molecule has 1 atom stereocenters. The lowest BCUT2D eigenvalue weighted by atomic mass is 10.0. The zero-order valence-electron chi connectivity index (χ0n) is 13.0. The van der Waals surface area contributed by atoms with Gasteiger partial charge in [-0.2, -0.15) is 0 Å². The van der Waals surface area contributed by atoms with E-state index in [9.17, 15) is 9.59 Å². The van der Waals surface area contributed by atoms with Crippen molar-refractivity contribution < 1.29 is 9.59 Å². The van der Waals surface area contributed by atoms with E-state index in [4.69, 9.17) is 0 Å². The highest BCUT2D eigenvalue weighted by Gasteiger charge is 2.16. The van der Waals surface area contributed by atoms with E-state index in [-0.39, 0.29) is 11.8 Å². The Labute approximate surface area is 138 Å². The van der Waals surface area contributed by atoms with Crippen molar-refractivity contribution in [2.75, 3.05) is 23.7 Å². The Kier molecular flexibility index (Phi) is 4.88. The predicted molar refractivity (Wildman–Crippen MR) is 92.8 cm³/mol. The van der Waals surface area contributed by atoms with E-state index in [2.05, 4.69) is 20.9 Å². The van der Waals surface area contributed by atoms with Crippen molar-refractivity contribution in [3.8, 4) is 0 Å². The zero-order chi connectivity index (χ0) is 16.2. The van der Waals surface area contributed by atoms with E-state index in [1.165, 1.54) is 18.3 Å². The van der Waals surface area contributed by atoms with Crippen LogP contribution in [-0.2, 0) is 9.59 Å². The first-order valence-electron chi connectivity index (χ1n) is 7.79. The van der Waals surface area contributed by atoms with Crippen LogP contribution in [0.3, 0.4) is 0 Å². The molecule has 0 saturated carbocycles. The quantitative estimate of drug-likeness (QED) is 0.786. The summed E-state index contributed by atoms with van der Waals surface area (Å²) < 4.78 is 0.937. The molecule has 23 heavy (non-hydrogen) atoms. The molecular formula is C16H20N4O2S. The highest BCUT2D eigenvalue weighted by atomic mass is 32.1. The number of hydrogen-bond acceptors (Lipinski definition) is 5. The molecule has 3 N–H and O–H groups in total. The van der Waals surface area contributed by atoms with Crippen molar-refractivity contribution in [2.45, 2.75) is 26.2 Å². The molecule has 2 amide bonds. The second-order valence-corrected chi connectivity index (χ2v) is 6.86. The molecule has 1 saturated heterocycles. The predicted octanol–water partition coefficient (Wildman–Crippen LogP) is 2.58. The summed E-state index contributed by atoms with van der Waals surface area (Å²) in [5, 5.41) is 9.51. The topological polar surface area (TPSA) is 83.1 Å². The molecule has 6 nitrogen and oxygen atoms in total. The second-order valence-electron chi connectivity index (χ2n) is 5.83. The lowest BCUT2D eigenvalue weighted by molar-refractivity contribution is -0.116.